The fraction of sp³-hybridized carbons (Fsp3) is 0.500. The second kappa shape index (κ2) is 5.63. The Morgan fingerprint density at radius 2 is 2.05 bits per heavy atom. The summed E-state index contributed by atoms with van der Waals surface area (Å²) in [6.45, 7) is 5.10. The van der Waals surface area contributed by atoms with Gasteiger partial charge in [0.2, 0.25) is 0 Å². The van der Waals surface area contributed by atoms with Crippen molar-refractivity contribution in [1.29, 1.82) is 5.26 Å². The molecule has 1 aliphatic rings. The molecular weight excluding hydrogens is 244 g/mol. The first-order chi connectivity index (χ1) is 9.11. The van der Waals surface area contributed by atoms with Crippen LogP contribution >= 0.6 is 0 Å². The topological polar surface area (TPSA) is 99.1 Å². The molecule has 1 atom stereocenters. The molecule has 1 aromatic heterocycles. The van der Waals surface area contributed by atoms with Crippen molar-refractivity contribution in [3.63, 3.8) is 0 Å². The van der Waals surface area contributed by atoms with E-state index < -0.39 is 5.91 Å². The molecule has 0 bridgehead atoms. The highest BCUT2D eigenvalue weighted by Gasteiger charge is 2.21. The number of amides is 1. The van der Waals surface area contributed by atoms with E-state index in [1.54, 1.807) is 12.1 Å². The number of carbonyl (C=O) groups excluding carboxylic acids is 1. The highest BCUT2D eigenvalue weighted by Crippen LogP contribution is 2.13. The molecule has 100 valence electrons. The summed E-state index contributed by atoms with van der Waals surface area (Å²) in [7, 11) is 0. The van der Waals surface area contributed by atoms with Crippen molar-refractivity contribution in [2.45, 2.75) is 13.0 Å². The van der Waals surface area contributed by atoms with Crippen LogP contribution in [0.1, 0.15) is 17.4 Å². The minimum Gasteiger partial charge on any atom is -0.364 e. The number of hydrogen-bond acceptors (Lipinski definition) is 6. The Hall–Kier alpha value is -2.20. The zero-order valence-electron chi connectivity index (χ0n) is 10.8. The van der Waals surface area contributed by atoms with Gasteiger partial charge in [0.15, 0.2) is 11.5 Å². The molecule has 0 spiro atoms. The van der Waals surface area contributed by atoms with E-state index in [1.165, 1.54) is 0 Å². The Bertz CT molecular complexity index is 486. The van der Waals surface area contributed by atoms with E-state index in [0.29, 0.717) is 0 Å². The Kier molecular flexibility index (Phi) is 3.92. The van der Waals surface area contributed by atoms with Crippen molar-refractivity contribution in [2.75, 3.05) is 31.1 Å². The summed E-state index contributed by atoms with van der Waals surface area (Å²) >= 11 is 0. The van der Waals surface area contributed by atoms with Crippen LogP contribution in [0.5, 0.6) is 0 Å². The SMILES string of the molecule is CC(C#N)N1CCN(c2ccc(C(N)=O)nn2)CC1. The van der Waals surface area contributed by atoms with E-state index in [1.807, 2.05) is 6.92 Å². The van der Waals surface area contributed by atoms with Crippen molar-refractivity contribution in [3.05, 3.63) is 17.8 Å². The number of nitrogens with zero attached hydrogens (tertiary/aromatic N) is 5. The molecule has 0 aromatic carbocycles. The van der Waals surface area contributed by atoms with Crippen LogP contribution in [0.4, 0.5) is 5.82 Å². The van der Waals surface area contributed by atoms with Crippen LogP contribution in [-0.2, 0) is 0 Å². The number of aromatic nitrogens is 2. The van der Waals surface area contributed by atoms with E-state index in [-0.39, 0.29) is 11.7 Å². The van der Waals surface area contributed by atoms with Crippen molar-refractivity contribution < 1.29 is 4.79 Å². The van der Waals surface area contributed by atoms with Crippen LogP contribution in [0.15, 0.2) is 12.1 Å². The molecule has 0 radical (unpaired) electrons. The number of anilines is 1. The van der Waals surface area contributed by atoms with Crippen LogP contribution < -0.4 is 10.6 Å². The zero-order chi connectivity index (χ0) is 13.8. The smallest absolute Gasteiger partial charge is 0.269 e. The second-order valence-electron chi connectivity index (χ2n) is 4.47. The number of nitrogens with two attached hydrogens (primary N) is 1. The van der Waals surface area contributed by atoms with Crippen LogP contribution in [0.25, 0.3) is 0 Å². The van der Waals surface area contributed by atoms with E-state index in [4.69, 9.17) is 11.0 Å². The minimum absolute atomic E-state index is 0.0644. The van der Waals surface area contributed by atoms with Gasteiger partial charge in [-0.25, -0.2) is 0 Å². The van der Waals surface area contributed by atoms with Crippen LogP contribution in [0.3, 0.4) is 0 Å². The largest absolute Gasteiger partial charge is 0.364 e. The molecule has 2 N–H and O–H groups in total. The lowest BCUT2D eigenvalue weighted by Crippen LogP contribution is -2.49. The molecule has 19 heavy (non-hydrogen) atoms. The maximum Gasteiger partial charge on any atom is 0.269 e. The molecule has 1 saturated heterocycles. The summed E-state index contributed by atoms with van der Waals surface area (Å²) < 4.78 is 0. The average Bonchev–Trinajstić information content (AvgIpc) is 2.46. The Morgan fingerprint density at radius 3 is 2.53 bits per heavy atom. The van der Waals surface area contributed by atoms with Gasteiger partial charge < -0.3 is 10.6 Å². The Labute approximate surface area is 111 Å². The molecule has 1 fully saturated rings. The van der Waals surface area contributed by atoms with Crippen LogP contribution in [0.2, 0.25) is 0 Å². The average molecular weight is 260 g/mol. The number of primary amides is 1. The van der Waals surface area contributed by atoms with Gasteiger partial charge in [0, 0.05) is 26.2 Å². The first kappa shape index (κ1) is 13.2. The van der Waals surface area contributed by atoms with Crippen molar-refractivity contribution in [2.24, 2.45) is 5.73 Å². The van der Waals surface area contributed by atoms with Gasteiger partial charge in [0.05, 0.1) is 12.1 Å². The molecule has 0 aliphatic carbocycles. The number of nitriles is 1. The van der Waals surface area contributed by atoms with E-state index in [2.05, 4.69) is 26.1 Å². The summed E-state index contributed by atoms with van der Waals surface area (Å²) in [6.07, 6.45) is 0. The van der Waals surface area contributed by atoms with Gasteiger partial charge in [-0.15, -0.1) is 10.2 Å². The van der Waals surface area contributed by atoms with Gasteiger partial charge >= 0.3 is 0 Å². The van der Waals surface area contributed by atoms with Gasteiger partial charge in [0.25, 0.3) is 5.91 Å². The summed E-state index contributed by atoms with van der Waals surface area (Å²) in [6, 6.07) is 5.50. The number of hydrogen-bond donors (Lipinski definition) is 1. The van der Waals surface area contributed by atoms with E-state index in [9.17, 15) is 4.79 Å². The van der Waals surface area contributed by atoms with Gasteiger partial charge in [-0.05, 0) is 19.1 Å². The number of piperazine rings is 1. The highest BCUT2D eigenvalue weighted by molar-refractivity contribution is 5.90. The Balaban J connectivity index is 1.98. The third-order valence-electron chi connectivity index (χ3n) is 3.28. The molecule has 0 saturated carbocycles. The predicted octanol–water partition coefficient (Wildman–Crippen LogP) is -0.390. The zero-order valence-corrected chi connectivity index (χ0v) is 10.8. The third kappa shape index (κ3) is 2.98. The summed E-state index contributed by atoms with van der Waals surface area (Å²) in [5.41, 5.74) is 5.28. The molecule has 2 rings (SSSR count). The maximum atomic E-state index is 10.9. The summed E-state index contributed by atoms with van der Waals surface area (Å²) in [5.74, 6) is 0.154. The predicted molar refractivity (Wildman–Crippen MR) is 69.4 cm³/mol. The van der Waals surface area contributed by atoms with Gasteiger partial charge in [-0.3, -0.25) is 9.69 Å². The molecule has 1 amide bonds. The fourth-order valence-corrected chi connectivity index (χ4v) is 2.05. The molecule has 2 heterocycles. The highest BCUT2D eigenvalue weighted by atomic mass is 16.1. The Morgan fingerprint density at radius 1 is 1.37 bits per heavy atom. The van der Waals surface area contributed by atoms with Crippen molar-refractivity contribution in [1.82, 2.24) is 15.1 Å². The lowest BCUT2D eigenvalue weighted by atomic mass is 10.2. The lowest BCUT2D eigenvalue weighted by Gasteiger charge is -2.36. The molecule has 7 nitrogen and oxygen atoms in total. The summed E-state index contributed by atoms with van der Waals surface area (Å²) in [5, 5.41) is 16.7. The molecule has 1 aromatic rings. The van der Waals surface area contributed by atoms with Gasteiger partial charge in [-0.2, -0.15) is 5.26 Å². The first-order valence-electron chi connectivity index (χ1n) is 6.14. The minimum atomic E-state index is -0.577. The van der Waals surface area contributed by atoms with Crippen LogP contribution in [0, 0.1) is 11.3 Å². The van der Waals surface area contributed by atoms with Crippen molar-refractivity contribution in [3.8, 4) is 6.07 Å². The van der Waals surface area contributed by atoms with E-state index >= 15 is 0 Å². The standard InChI is InChI=1S/C12H16N6O/c1-9(8-13)17-4-6-18(7-5-17)11-3-2-10(12(14)19)15-16-11/h2-3,9H,4-7H2,1H3,(H2,14,19). The number of carbonyl (C=O) groups is 1. The normalized spacial score (nSPS) is 17.8. The molecule has 1 aliphatic heterocycles. The quantitative estimate of drug-likeness (QED) is 0.794. The fourth-order valence-electron chi connectivity index (χ4n) is 2.05. The monoisotopic (exact) mass is 260 g/mol. The lowest BCUT2D eigenvalue weighted by molar-refractivity contribution is 0.0994. The number of rotatable bonds is 3. The molecule has 7 heteroatoms. The molecule has 1 unspecified atom stereocenters. The third-order valence-corrected chi connectivity index (χ3v) is 3.28. The van der Waals surface area contributed by atoms with Gasteiger partial charge in [-0.1, -0.05) is 0 Å². The van der Waals surface area contributed by atoms with E-state index in [0.717, 1.165) is 32.0 Å². The van der Waals surface area contributed by atoms with Crippen LogP contribution in [-0.4, -0.2) is 53.2 Å². The second-order valence-corrected chi connectivity index (χ2v) is 4.47. The first-order valence-corrected chi connectivity index (χ1v) is 6.14. The summed E-state index contributed by atoms with van der Waals surface area (Å²) in [4.78, 5) is 15.1. The van der Waals surface area contributed by atoms with Gasteiger partial charge in [0.1, 0.15) is 0 Å². The maximum absolute atomic E-state index is 10.9. The molecular formula is C12H16N6O. The van der Waals surface area contributed by atoms with Crippen molar-refractivity contribution >= 4 is 11.7 Å².